The van der Waals surface area contributed by atoms with Crippen molar-refractivity contribution in [3.63, 3.8) is 0 Å². The lowest BCUT2D eigenvalue weighted by molar-refractivity contribution is -0.138. The third-order valence-corrected chi connectivity index (χ3v) is 3.61. The molecule has 0 aromatic heterocycles. The zero-order valence-corrected chi connectivity index (χ0v) is 13.8. The molecule has 116 valence electrons. The highest BCUT2D eigenvalue weighted by Crippen LogP contribution is 2.19. The van der Waals surface area contributed by atoms with Crippen LogP contribution < -0.4 is 5.32 Å². The zero-order valence-electron chi connectivity index (χ0n) is 13.8. The first kappa shape index (κ1) is 17.2. The zero-order chi connectivity index (χ0) is 16.2. The van der Waals surface area contributed by atoms with E-state index in [1.807, 2.05) is 58.0 Å². The van der Waals surface area contributed by atoms with E-state index in [1.54, 1.807) is 18.9 Å². The number of hydrogen-bond acceptors (Lipinski definition) is 2. The molecule has 1 rings (SSSR count). The third kappa shape index (κ3) is 4.59. The van der Waals surface area contributed by atoms with Gasteiger partial charge in [0.15, 0.2) is 0 Å². The van der Waals surface area contributed by atoms with Gasteiger partial charge in [0.1, 0.15) is 6.04 Å². The molecule has 0 fully saturated rings. The Hall–Kier alpha value is -1.84. The highest BCUT2D eigenvalue weighted by molar-refractivity contribution is 5.89. The Morgan fingerprint density at radius 1 is 1.10 bits per heavy atom. The van der Waals surface area contributed by atoms with Gasteiger partial charge in [0.05, 0.1) is 6.04 Å². The van der Waals surface area contributed by atoms with Crippen LogP contribution in [-0.2, 0) is 9.59 Å². The Bertz CT molecular complexity index is 491. The lowest BCUT2D eigenvalue weighted by atomic mass is 9.95. The molecule has 0 spiro atoms. The standard InChI is InChI=1S/C17H26N2O2/c1-12(18-16(21)17(3,4)5)15(20)19(6)13(2)14-10-8-7-9-11-14/h7-13H,1-6H3,(H,18,21). The second kappa shape index (κ2) is 6.74. The lowest BCUT2D eigenvalue weighted by Crippen LogP contribution is -2.49. The van der Waals surface area contributed by atoms with E-state index in [0.717, 1.165) is 5.56 Å². The molecule has 0 heterocycles. The summed E-state index contributed by atoms with van der Waals surface area (Å²) in [4.78, 5) is 26.1. The van der Waals surface area contributed by atoms with Crippen molar-refractivity contribution in [3.05, 3.63) is 35.9 Å². The van der Waals surface area contributed by atoms with Gasteiger partial charge >= 0.3 is 0 Å². The van der Waals surface area contributed by atoms with E-state index in [4.69, 9.17) is 0 Å². The van der Waals surface area contributed by atoms with E-state index in [2.05, 4.69) is 5.32 Å². The van der Waals surface area contributed by atoms with Gasteiger partial charge in [-0.3, -0.25) is 9.59 Å². The molecule has 0 bridgehead atoms. The van der Waals surface area contributed by atoms with Crippen molar-refractivity contribution in [3.8, 4) is 0 Å². The summed E-state index contributed by atoms with van der Waals surface area (Å²) < 4.78 is 0. The number of likely N-dealkylation sites (N-methyl/N-ethyl adjacent to an activating group) is 1. The predicted molar refractivity (Wildman–Crippen MR) is 84.7 cm³/mol. The topological polar surface area (TPSA) is 49.4 Å². The Kier molecular flexibility index (Phi) is 5.53. The van der Waals surface area contributed by atoms with Crippen molar-refractivity contribution in [1.82, 2.24) is 10.2 Å². The Balaban J connectivity index is 2.72. The van der Waals surface area contributed by atoms with Crippen LogP contribution in [0.4, 0.5) is 0 Å². The summed E-state index contributed by atoms with van der Waals surface area (Å²) in [6, 6.07) is 9.27. The summed E-state index contributed by atoms with van der Waals surface area (Å²) in [5.41, 5.74) is 0.570. The normalized spacial score (nSPS) is 14.2. The number of nitrogens with zero attached hydrogens (tertiary/aromatic N) is 1. The summed E-state index contributed by atoms with van der Waals surface area (Å²) >= 11 is 0. The second-order valence-corrected chi connectivity index (χ2v) is 6.48. The average molecular weight is 290 g/mol. The largest absolute Gasteiger partial charge is 0.344 e. The fraction of sp³-hybridized carbons (Fsp3) is 0.529. The molecule has 0 saturated carbocycles. The number of benzene rings is 1. The van der Waals surface area contributed by atoms with Crippen molar-refractivity contribution in [2.45, 2.75) is 46.7 Å². The highest BCUT2D eigenvalue weighted by atomic mass is 16.2. The van der Waals surface area contributed by atoms with Gasteiger partial charge in [-0.2, -0.15) is 0 Å². The quantitative estimate of drug-likeness (QED) is 0.927. The summed E-state index contributed by atoms with van der Waals surface area (Å²) in [5.74, 6) is -0.215. The van der Waals surface area contributed by atoms with Crippen LogP contribution in [0.5, 0.6) is 0 Å². The highest BCUT2D eigenvalue weighted by Gasteiger charge is 2.28. The molecule has 4 heteroatoms. The fourth-order valence-corrected chi connectivity index (χ4v) is 1.93. The molecule has 2 atom stereocenters. The maximum atomic E-state index is 12.4. The first-order chi connectivity index (χ1) is 9.64. The molecular weight excluding hydrogens is 264 g/mol. The minimum Gasteiger partial charge on any atom is -0.344 e. The third-order valence-electron chi connectivity index (χ3n) is 3.61. The van der Waals surface area contributed by atoms with Crippen molar-refractivity contribution in [1.29, 1.82) is 0 Å². The summed E-state index contributed by atoms with van der Waals surface area (Å²) in [5, 5.41) is 2.78. The van der Waals surface area contributed by atoms with Gasteiger partial charge in [-0.15, -0.1) is 0 Å². The van der Waals surface area contributed by atoms with E-state index < -0.39 is 11.5 Å². The molecule has 0 saturated heterocycles. The Labute approximate surface area is 127 Å². The van der Waals surface area contributed by atoms with Crippen LogP contribution in [0.2, 0.25) is 0 Å². The molecule has 1 N–H and O–H groups in total. The van der Waals surface area contributed by atoms with E-state index in [9.17, 15) is 9.59 Å². The number of rotatable bonds is 4. The molecular formula is C17H26N2O2. The molecule has 1 aromatic carbocycles. The van der Waals surface area contributed by atoms with E-state index in [-0.39, 0.29) is 17.9 Å². The Morgan fingerprint density at radius 2 is 1.62 bits per heavy atom. The van der Waals surface area contributed by atoms with Gasteiger partial charge < -0.3 is 10.2 Å². The molecule has 4 nitrogen and oxygen atoms in total. The predicted octanol–water partition coefficient (Wildman–Crippen LogP) is 2.76. The molecule has 0 aliphatic rings. The molecule has 2 unspecified atom stereocenters. The van der Waals surface area contributed by atoms with Crippen LogP contribution in [0.25, 0.3) is 0 Å². The minimum atomic E-state index is -0.534. The van der Waals surface area contributed by atoms with E-state index in [1.165, 1.54) is 0 Å². The van der Waals surface area contributed by atoms with E-state index >= 15 is 0 Å². The lowest BCUT2D eigenvalue weighted by Gasteiger charge is -2.29. The average Bonchev–Trinajstić information content (AvgIpc) is 2.44. The number of carbonyl (C=O) groups excluding carboxylic acids is 2. The van der Waals surface area contributed by atoms with E-state index in [0.29, 0.717) is 0 Å². The molecule has 0 radical (unpaired) electrons. The van der Waals surface area contributed by atoms with Crippen LogP contribution in [0.3, 0.4) is 0 Å². The second-order valence-electron chi connectivity index (χ2n) is 6.48. The SMILES string of the molecule is CC(NC(=O)C(C)(C)C)C(=O)N(C)C(C)c1ccccc1. The number of hydrogen-bond donors (Lipinski definition) is 1. The fourth-order valence-electron chi connectivity index (χ4n) is 1.93. The van der Waals surface area contributed by atoms with Crippen LogP contribution in [0.15, 0.2) is 30.3 Å². The monoisotopic (exact) mass is 290 g/mol. The summed E-state index contributed by atoms with van der Waals surface area (Å²) in [7, 11) is 1.76. The molecule has 0 aliphatic carbocycles. The van der Waals surface area contributed by atoms with Crippen molar-refractivity contribution < 1.29 is 9.59 Å². The summed E-state index contributed by atoms with van der Waals surface area (Å²) in [6.07, 6.45) is 0. The number of nitrogens with one attached hydrogen (secondary N) is 1. The molecule has 2 amide bonds. The van der Waals surface area contributed by atoms with Crippen LogP contribution in [-0.4, -0.2) is 29.8 Å². The number of carbonyl (C=O) groups is 2. The first-order valence-electron chi connectivity index (χ1n) is 7.27. The van der Waals surface area contributed by atoms with Gasteiger partial charge in [0, 0.05) is 12.5 Å². The van der Waals surface area contributed by atoms with Crippen LogP contribution in [0, 0.1) is 5.41 Å². The van der Waals surface area contributed by atoms with Gasteiger partial charge in [-0.25, -0.2) is 0 Å². The smallest absolute Gasteiger partial charge is 0.245 e. The molecule has 21 heavy (non-hydrogen) atoms. The first-order valence-corrected chi connectivity index (χ1v) is 7.27. The van der Waals surface area contributed by atoms with Crippen molar-refractivity contribution in [2.75, 3.05) is 7.05 Å². The number of amides is 2. The van der Waals surface area contributed by atoms with Gasteiger partial charge in [-0.05, 0) is 19.4 Å². The van der Waals surface area contributed by atoms with Gasteiger partial charge in [-0.1, -0.05) is 51.1 Å². The van der Waals surface area contributed by atoms with Crippen LogP contribution in [0.1, 0.15) is 46.2 Å². The summed E-state index contributed by atoms with van der Waals surface area (Å²) in [6.45, 7) is 9.19. The molecule has 1 aromatic rings. The maximum absolute atomic E-state index is 12.4. The maximum Gasteiger partial charge on any atom is 0.245 e. The Morgan fingerprint density at radius 3 is 2.10 bits per heavy atom. The van der Waals surface area contributed by atoms with Gasteiger partial charge in [0.2, 0.25) is 11.8 Å². The minimum absolute atomic E-state index is 0.0345. The van der Waals surface area contributed by atoms with Crippen molar-refractivity contribution >= 4 is 11.8 Å². The van der Waals surface area contributed by atoms with Crippen molar-refractivity contribution in [2.24, 2.45) is 5.41 Å². The van der Waals surface area contributed by atoms with Gasteiger partial charge in [0.25, 0.3) is 0 Å². The molecule has 0 aliphatic heterocycles. The van der Waals surface area contributed by atoms with Crippen LogP contribution >= 0.6 is 0 Å².